The summed E-state index contributed by atoms with van der Waals surface area (Å²) in [5.74, 6) is 0.615. The second-order valence-electron chi connectivity index (χ2n) is 7.50. The van der Waals surface area contributed by atoms with E-state index in [1.807, 2.05) is 31.2 Å². The van der Waals surface area contributed by atoms with Crippen LogP contribution in [0.15, 0.2) is 42.6 Å². The van der Waals surface area contributed by atoms with Crippen LogP contribution in [0.1, 0.15) is 48.8 Å². The second kappa shape index (κ2) is 7.95. The zero-order valence-corrected chi connectivity index (χ0v) is 17.4. The second-order valence-corrected chi connectivity index (χ2v) is 7.50. The molecule has 0 aliphatic heterocycles. The maximum absolute atomic E-state index is 11.6. The average molecular weight is 394 g/mol. The monoisotopic (exact) mass is 394 g/mol. The first-order valence-electron chi connectivity index (χ1n) is 9.48. The molecule has 7 heteroatoms. The Bertz CT molecular complexity index is 1040. The number of aromatic nitrogens is 3. The van der Waals surface area contributed by atoms with E-state index in [2.05, 4.69) is 31.1 Å². The van der Waals surface area contributed by atoms with E-state index in [0.717, 1.165) is 29.1 Å². The Morgan fingerprint density at radius 2 is 2.03 bits per heavy atom. The van der Waals surface area contributed by atoms with Crippen LogP contribution in [0.3, 0.4) is 0 Å². The van der Waals surface area contributed by atoms with Crippen LogP contribution in [0.2, 0.25) is 0 Å². The Morgan fingerprint density at radius 1 is 1.28 bits per heavy atom. The third-order valence-electron chi connectivity index (χ3n) is 5.27. The van der Waals surface area contributed by atoms with Crippen molar-refractivity contribution in [2.45, 2.75) is 39.5 Å². The van der Waals surface area contributed by atoms with Gasteiger partial charge in [0.1, 0.15) is 22.9 Å². The van der Waals surface area contributed by atoms with E-state index in [0.29, 0.717) is 5.82 Å². The van der Waals surface area contributed by atoms with E-state index in [9.17, 15) is 9.90 Å². The quantitative estimate of drug-likeness (QED) is 0.603. The van der Waals surface area contributed by atoms with Gasteiger partial charge in [0.25, 0.3) is 0 Å². The highest BCUT2D eigenvalue weighted by Gasteiger charge is 2.25. The number of nitrogens with one attached hydrogen (secondary N) is 1. The molecule has 0 saturated heterocycles. The molecule has 0 spiro atoms. The van der Waals surface area contributed by atoms with E-state index in [1.165, 1.54) is 6.07 Å². The minimum absolute atomic E-state index is 0.0962. The predicted octanol–water partition coefficient (Wildman–Crippen LogP) is 4.71. The van der Waals surface area contributed by atoms with Crippen LogP contribution in [-0.2, 0) is 5.41 Å². The summed E-state index contributed by atoms with van der Waals surface area (Å²) in [6, 6.07) is 10.8. The van der Waals surface area contributed by atoms with Crippen molar-refractivity contribution in [3.05, 3.63) is 59.4 Å². The van der Waals surface area contributed by atoms with Crippen molar-refractivity contribution < 1.29 is 14.6 Å². The van der Waals surface area contributed by atoms with Gasteiger partial charge in [-0.15, -0.1) is 0 Å². The van der Waals surface area contributed by atoms with Gasteiger partial charge in [-0.2, -0.15) is 5.10 Å². The predicted molar refractivity (Wildman–Crippen MR) is 113 cm³/mol. The normalized spacial score (nSPS) is 11.3. The lowest BCUT2D eigenvalue weighted by molar-refractivity contribution is 0.0697. The molecule has 7 nitrogen and oxygen atoms in total. The number of rotatable bonds is 7. The fourth-order valence-electron chi connectivity index (χ4n) is 3.02. The van der Waals surface area contributed by atoms with E-state index < -0.39 is 5.97 Å². The highest BCUT2D eigenvalue weighted by molar-refractivity contribution is 5.93. The van der Waals surface area contributed by atoms with Crippen molar-refractivity contribution in [1.29, 1.82) is 0 Å². The highest BCUT2D eigenvalue weighted by Crippen LogP contribution is 2.33. The van der Waals surface area contributed by atoms with Gasteiger partial charge in [-0.1, -0.05) is 26.8 Å². The first kappa shape index (κ1) is 20.4. The van der Waals surface area contributed by atoms with Crippen molar-refractivity contribution in [3.8, 4) is 11.4 Å². The van der Waals surface area contributed by atoms with Gasteiger partial charge in [0.2, 0.25) is 0 Å². The van der Waals surface area contributed by atoms with E-state index in [-0.39, 0.29) is 16.8 Å². The van der Waals surface area contributed by atoms with Gasteiger partial charge >= 0.3 is 5.97 Å². The number of carboxylic acids is 1. The van der Waals surface area contributed by atoms with Crippen molar-refractivity contribution in [1.82, 2.24) is 14.8 Å². The topological polar surface area (TPSA) is 89.3 Å². The lowest BCUT2D eigenvalue weighted by Gasteiger charge is -2.19. The number of nitrogens with zero attached hydrogens (tertiary/aromatic N) is 3. The highest BCUT2D eigenvalue weighted by atomic mass is 16.5. The fraction of sp³-hybridized carbons (Fsp3) is 0.318. The molecule has 0 aliphatic rings. The van der Waals surface area contributed by atoms with Crippen LogP contribution in [0.25, 0.3) is 5.69 Å². The molecule has 2 heterocycles. The SMILES string of the molecule is CCC(C)(C)c1cc(Nc2ncccc2C(=O)O)n(-c2cccc(OC)c2C)n1. The molecule has 29 heavy (non-hydrogen) atoms. The third-order valence-corrected chi connectivity index (χ3v) is 5.27. The standard InChI is InChI=1S/C22H26N4O3/c1-6-22(3,4)18-13-19(24-20-15(21(27)28)9-8-12-23-20)26(25-18)16-10-7-11-17(29-5)14(16)2/h7-13H,6H2,1-5H3,(H,23,24)(H,27,28). The number of benzene rings is 1. The molecule has 2 N–H and O–H groups in total. The fourth-order valence-corrected chi connectivity index (χ4v) is 3.02. The molecule has 152 valence electrons. The van der Waals surface area contributed by atoms with Crippen LogP contribution in [0.5, 0.6) is 5.75 Å². The first-order chi connectivity index (χ1) is 13.8. The van der Waals surface area contributed by atoms with Crippen LogP contribution in [0.4, 0.5) is 11.6 Å². The molecule has 3 rings (SSSR count). The summed E-state index contributed by atoms with van der Waals surface area (Å²) in [5.41, 5.74) is 2.63. The molecule has 0 amide bonds. The number of carboxylic acid groups (broad SMARTS) is 1. The summed E-state index contributed by atoms with van der Waals surface area (Å²) in [4.78, 5) is 15.8. The van der Waals surface area contributed by atoms with Crippen molar-refractivity contribution in [2.24, 2.45) is 0 Å². The molecule has 2 aromatic heterocycles. The van der Waals surface area contributed by atoms with E-state index in [4.69, 9.17) is 9.84 Å². The average Bonchev–Trinajstić information content (AvgIpc) is 3.13. The molecule has 1 aromatic carbocycles. The Kier molecular flexibility index (Phi) is 5.59. The molecule has 0 atom stereocenters. The van der Waals surface area contributed by atoms with Crippen molar-refractivity contribution in [2.75, 3.05) is 12.4 Å². The number of aromatic carboxylic acids is 1. The number of hydrogen-bond donors (Lipinski definition) is 2. The van der Waals surface area contributed by atoms with Crippen molar-refractivity contribution >= 4 is 17.6 Å². The number of methoxy groups -OCH3 is 1. The minimum Gasteiger partial charge on any atom is -0.496 e. The molecule has 0 saturated carbocycles. The summed E-state index contributed by atoms with van der Waals surface area (Å²) in [6.45, 7) is 8.34. The largest absolute Gasteiger partial charge is 0.496 e. The molecule has 0 bridgehead atoms. The smallest absolute Gasteiger partial charge is 0.339 e. The van der Waals surface area contributed by atoms with E-state index >= 15 is 0 Å². The van der Waals surface area contributed by atoms with Gasteiger partial charge in [0, 0.05) is 23.2 Å². The van der Waals surface area contributed by atoms with Gasteiger partial charge < -0.3 is 15.2 Å². The maximum atomic E-state index is 11.6. The Morgan fingerprint density at radius 3 is 2.69 bits per heavy atom. The number of ether oxygens (including phenoxy) is 1. The summed E-state index contributed by atoms with van der Waals surface area (Å²) in [7, 11) is 1.63. The Labute approximate surface area is 170 Å². The zero-order valence-electron chi connectivity index (χ0n) is 17.4. The first-order valence-corrected chi connectivity index (χ1v) is 9.48. The third kappa shape index (κ3) is 3.94. The molecule has 0 unspecified atom stereocenters. The van der Waals surface area contributed by atoms with Gasteiger partial charge in [0.15, 0.2) is 0 Å². The van der Waals surface area contributed by atoms with Crippen LogP contribution >= 0.6 is 0 Å². The molecule has 0 fully saturated rings. The lowest BCUT2D eigenvalue weighted by Crippen LogP contribution is -2.16. The van der Waals surface area contributed by atoms with Crippen molar-refractivity contribution in [3.63, 3.8) is 0 Å². The number of carbonyl (C=O) groups is 1. The van der Waals surface area contributed by atoms with E-state index in [1.54, 1.807) is 24.1 Å². The number of hydrogen-bond acceptors (Lipinski definition) is 5. The number of anilines is 2. The summed E-state index contributed by atoms with van der Waals surface area (Å²) >= 11 is 0. The van der Waals surface area contributed by atoms with Gasteiger partial charge in [-0.25, -0.2) is 14.5 Å². The van der Waals surface area contributed by atoms with Gasteiger partial charge in [-0.05, 0) is 37.6 Å². The van der Waals surface area contributed by atoms with Gasteiger partial charge in [0.05, 0.1) is 18.5 Å². The zero-order chi connectivity index (χ0) is 21.2. The molecular formula is C22H26N4O3. The minimum atomic E-state index is -1.04. The van der Waals surface area contributed by atoms with Gasteiger partial charge in [-0.3, -0.25) is 0 Å². The Balaban J connectivity index is 2.18. The Hall–Kier alpha value is -3.35. The summed E-state index contributed by atoms with van der Waals surface area (Å²) in [6.07, 6.45) is 2.47. The molecule has 0 aliphatic carbocycles. The maximum Gasteiger partial charge on any atom is 0.339 e. The molecular weight excluding hydrogens is 368 g/mol. The van der Waals surface area contributed by atoms with Crippen LogP contribution in [0, 0.1) is 6.92 Å². The molecule has 3 aromatic rings. The van der Waals surface area contributed by atoms with Crippen LogP contribution in [-0.4, -0.2) is 33.0 Å². The summed E-state index contributed by atoms with van der Waals surface area (Å²) < 4.78 is 7.24. The molecule has 0 radical (unpaired) electrons. The number of pyridine rings is 1. The van der Waals surface area contributed by atoms with Crippen LogP contribution < -0.4 is 10.1 Å². The lowest BCUT2D eigenvalue weighted by atomic mass is 9.87. The summed E-state index contributed by atoms with van der Waals surface area (Å²) in [5, 5.41) is 17.5.